The van der Waals surface area contributed by atoms with Crippen molar-refractivity contribution in [2.24, 2.45) is 5.41 Å². The SMILES string of the molecule is OCC1(Cc2ccc(Cl)c(Cl)c2)CCCNC1. The Morgan fingerprint density at radius 2 is 2.12 bits per heavy atom. The molecule has 0 saturated carbocycles. The number of benzene rings is 1. The van der Waals surface area contributed by atoms with Crippen LogP contribution in [0.25, 0.3) is 0 Å². The Hall–Kier alpha value is -0.280. The zero-order chi connectivity index (χ0) is 12.3. The summed E-state index contributed by atoms with van der Waals surface area (Å²) in [7, 11) is 0. The quantitative estimate of drug-likeness (QED) is 0.888. The van der Waals surface area contributed by atoms with Crippen LogP contribution in [-0.2, 0) is 6.42 Å². The van der Waals surface area contributed by atoms with E-state index in [0.717, 1.165) is 37.9 Å². The molecular formula is C13H17Cl2NO. The molecule has 2 N–H and O–H groups in total. The van der Waals surface area contributed by atoms with Crippen molar-refractivity contribution in [2.45, 2.75) is 19.3 Å². The van der Waals surface area contributed by atoms with Gasteiger partial charge in [-0.3, -0.25) is 0 Å². The van der Waals surface area contributed by atoms with Crippen LogP contribution in [0, 0.1) is 5.41 Å². The maximum absolute atomic E-state index is 9.63. The molecular weight excluding hydrogens is 257 g/mol. The summed E-state index contributed by atoms with van der Waals surface area (Å²) < 4.78 is 0. The molecule has 94 valence electrons. The Morgan fingerprint density at radius 1 is 1.29 bits per heavy atom. The van der Waals surface area contributed by atoms with Gasteiger partial charge in [0.25, 0.3) is 0 Å². The fourth-order valence-electron chi connectivity index (χ4n) is 2.45. The lowest BCUT2D eigenvalue weighted by molar-refractivity contribution is 0.0948. The number of aliphatic hydroxyl groups excluding tert-OH is 1. The lowest BCUT2D eigenvalue weighted by Gasteiger charge is -2.36. The second-order valence-electron chi connectivity index (χ2n) is 4.86. The molecule has 0 radical (unpaired) electrons. The van der Waals surface area contributed by atoms with Gasteiger partial charge in [0, 0.05) is 12.0 Å². The molecule has 1 aliphatic heterocycles. The van der Waals surface area contributed by atoms with Crippen molar-refractivity contribution in [3.8, 4) is 0 Å². The molecule has 1 atom stereocenters. The van der Waals surface area contributed by atoms with Crippen LogP contribution in [0.5, 0.6) is 0 Å². The molecule has 17 heavy (non-hydrogen) atoms. The molecule has 2 nitrogen and oxygen atoms in total. The van der Waals surface area contributed by atoms with E-state index in [0.29, 0.717) is 10.0 Å². The first-order valence-electron chi connectivity index (χ1n) is 5.91. The smallest absolute Gasteiger partial charge is 0.0595 e. The van der Waals surface area contributed by atoms with Crippen molar-refractivity contribution in [1.29, 1.82) is 0 Å². The number of nitrogens with one attached hydrogen (secondary N) is 1. The molecule has 0 aliphatic carbocycles. The molecule has 0 bridgehead atoms. The topological polar surface area (TPSA) is 32.3 Å². The van der Waals surface area contributed by atoms with Crippen LogP contribution in [0.3, 0.4) is 0 Å². The predicted octanol–water partition coefficient (Wildman–Crippen LogP) is 2.90. The molecule has 1 aromatic carbocycles. The fraction of sp³-hybridized carbons (Fsp3) is 0.538. The summed E-state index contributed by atoms with van der Waals surface area (Å²) in [4.78, 5) is 0. The lowest BCUT2D eigenvalue weighted by Crippen LogP contribution is -2.44. The average molecular weight is 274 g/mol. The van der Waals surface area contributed by atoms with Gasteiger partial charge in [-0.2, -0.15) is 0 Å². The van der Waals surface area contributed by atoms with E-state index in [1.807, 2.05) is 18.2 Å². The minimum absolute atomic E-state index is 0.0462. The third-order valence-electron chi connectivity index (χ3n) is 3.46. The highest BCUT2D eigenvalue weighted by Crippen LogP contribution is 2.32. The zero-order valence-electron chi connectivity index (χ0n) is 9.68. The molecule has 1 aliphatic rings. The molecule has 2 rings (SSSR count). The first kappa shape index (κ1) is 13.2. The highest BCUT2D eigenvalue weighted by atomic mass is 35.5. The van der Waals surface area contributed by atoms with Gasteiger partial charge in [0.1, 0.15) is 0 Å². The van der Waals surface area contributed by atoms with Crippen molar-refractivity contribution in [3.05, 3.63) is 33.8 Å². The van der Waals surface area contributed by atoms with Crippen molar-refractivity contribution < 1.29 is 5.11 Å². The molecule has 0 spiro atoms. The maximum atomic E-state index is 9.63. The summed E-state index contributed by atoms with van der Waals surface area (Å²) in [5, 5.41) is 14.1. The van der Waals surface area contributed by atoms with Gasteiger partial charge in [-0.25, -0.2) is 0 Å². The van der Waals surface area contributed by atoms with Gasteiger partial charge in [-0.15, -0.1) is 0 Å². The van der Waals surface area contributed by atoms with Gasteiger partial charge in [-0.1, -0.05) is 29.3 Å². The average Bonchev–Trinajstić information content (AvgIpc) is 2.35. The van der Waals surface area contributed by atoms with E-state index >= 15 is 0 Å². The van der Waals surface area contributed by atoms with Crippen molar-refractivity contribution >= 4 is 23.2 Å². The fourth-order valence-corrected chi connectivity index (χ4v) is 2.78. The maximum Gasteiger partial charge on any atom is 0.0595 e. The molecule has 0 aromatic heterocycles. The lowest BCUT2D eigenvalue weighted by atomic mass is 9.76. The summed E-state index contributed by atoms with van der Waals surface area (Å²) in [6.45, 7) is 2.12. The van der Waals surface area contributed by atoms with E-state index < -0.39 is 0 Å². The van der Waals surface area contributed by atoms with Crippen molar-refractivity contribution in [3.63, 3.8) is 0 Å². The molecule has 0 amide bonds. The molecule has 1 fully saturated rings. The first-order chi connectivity index (χ1) is 8.15. The van der Waals surface area contributed by atoms with Crippen LogP contribution in [0.1, 0.15) is 18.4 Å². The zero-order valence-corrected chi connectivity index (χ0v) is 11.2. The van der Waals surface area contributed by atoms with Crippen LogP contribution in [0.15, 0.2) is 18.2 Å². The minimum Gasteiger partial charge on any atom is -0.396 e. The first-order valence-corrected chi connectivity index (χ1v) is 6.66. The number of rotatable bonds is 3. The van der Waals surface area contributed by atoms with Gasteiger partial charge < -0.3 is 10.4 Å². The van der Waals surface area contributed by atoms with Crippen LogP contribution in [0.4, 0.5) is 0 Å². The number of aliphatic hydroxyl groups is 1. The molecule has 1 unspecified atom stereocenters. The minimum atomic E-state index is -0.0462. The van der Waals surface area contributed by atoms with Crippen LogP contribution in [-0.4, -0.2) is 24.8 Å². The van der Waals surface area contributed by atoms with Crippen LogP contribution < -0.4 is 5.32 Å². The van der Waals surface area contributed by atoms with Gasteiger partial charge in [0.2, 0.25) is 0 Å². The van der Waals surface area contributed by atoms with Gasteiger partial charge >= 0.3 is 0 Å². The monoisotopic (exact) mass is 273 g/mol. The normalized spacial score (nSPS) is 24.9. The van der Waals surface area contributed by atoms with E-state index in [9.17, 15) is 5.11 Å². The van der Waals surface area contributed by atoms with E-state index in [4.69, 9.17) is 23.2 Å². The Balaban J connectivity index is 2.14. The molecule has 1 aromatic rings. The summed E-state index contributed by atoms with van der Waals surface area (Å²) >= 11 is 11.9. The standard InChI is InChI=1S/C13H17Cl2NO/c14-11-3-2-10(6-12(11)15)7-13(9-17)4-1-5-16-8-13/h2-3,6,16-17H,1,4-5,7-9H2. The number of halogens is 2. The Kier molecular flexibility index (Phi) is 4.31. The van der Waals surface area contributed by atoms with Gasteiger partial charge in [0.05, 0.1) is 16.7 Å². The van der Waals surface area contributed by atoms with Crippen LogP contribution >= 0.6 is 23.2 Å². The highest BCUT2D eigenvalue weighted by Gasteiger charge is 2.31. The largest absolute Gasteiger partial charge is 0.396 e. The summed E-state index contributed by atoms with van der Waals surface area (Å²) in [5.41, 5.74) is 1.09. The van der Waals surface area contributed by atoms with Crippen LogP contribution in [0.2, 0.25) is 10.0 Å². The van der Waals surface area contributed by atoms with Gasteiger partial charge in [0.15, 0.2) is 0 Å². The summed E-state index contributed by atoms with van der Waals surface area (Å²) in [6.07, 6.45) is 3.01. The summed E-state index contributed by atoms with van der Waals surface area (Å²) in [5.74, 6) is 0. The van der Waals surface area contributed by atoms with E-state index in [-0.39, 0.29) is 12.0 Å². The number of piperidine rings is 1. The molecule has 1 heterocycles. The Labute approximate surface area is 112 Å². The second-order valence-corrected chi connectivity index (χ2v) is 5.68. The number of hydrogen-bond donors (Lipinski definition) is 2. The van der Waals surface area contributed by atoms with E-state index in [2.05, 4.69) is 5.32 Å². The van der Waals surface area contributed by atoms with Crippen molar-refractivity contribution in [2.75, 3.05) is 19.7 Å². The molecule has 4 heteroatoms. The third-order valence-corrected chi connectivity index (χ3v) is 4.20. The predicted molar refractivity (Wildman–Crippen MR) is 71.8 cm³/mol. The van der Waals surface area contributed by atoms with Crippen molar-refractivity contribution in [1.82, 2.24) is 5.32 Å². The summed E-state index contributed by atoms with van der Waals surface area (Å²) in [6, 6.07) is 5.71. The second kappa shape index (κ2) is 5.57. The number of hydrogen-bond acceptors (Lipinski definition) is 2. The third kappa shape index (κ3) is 3.14. The van der Waals surface area contributed by atoms with Gasteiger partial charge in [-0.05, 0) is 43.5 Å². The Bertz CT molecular complexity index is 389. The van der Waals surface area contributed by atoms with E-state index in [1.54, 1.807) is 0 Å². The Morgan fingerprint density at radius 3 is 2.71 bits per heavy atom. The highest BCUT2D eigenvalue weighted by molar-refractivity contribution is 6.42. The van der Waals surface area contributed by atoms with E-state index in [1.165, 1.54) is 0 Å². The molecule has 1 saturated heterocycles.